The van der Waals surface area contributed by atoms with Crippen molar-refractivity contribution in [3.8, 4) is 0 Å². The van der Waals surface area contributed by atoms with Crippen LogP contribution in [0, 0.1) is 0 Å². The summed E-state index contributed by atoms with van der Waals surface area (Å²) in [5, 5.41) is 2.17. The molecule has 1 saturated heterocycles. The SMILES string of the molecule is O=C(CCNN1CCCC1)OCc1ccccc1. The predicted molar refractivity (Wildman–Crippen MR) is 69.7 cm³/mol. The van der Waals surface area contributed by atoms with Crippen LogP contribution in [0.1, 0.15) is 24.8 Å². The van der Waals surface area contributed by atoms with Crippen molar-refractivity contribution in [2.45, 2.75) is 25.9 Å². The molecule has 4 nitrogen and oxygen atoms in total. The van der Waals surface area contributed by atoms with E-state index < -0.39 is 0 Å². The zero-order chi connectivity index (χ0) is 12.6. The Hall–Kier alpha value is -1.39. The third-order valence-corrected chi connectivity index (χ3v) is 3.01. The van der Waals surface area contributed by atoms with E-state index in [1.807, 2.05) is 30.3 Å². The van der Waals surface area contributed by atoms with Crippen molar-refractivity contribution in [2.75, 3.05) is 19.6 Å². The van der Waals surface area contributed by atoms with Crippen molar-refractivity contribution < 1.29 is 9.53 Å². The first-order valence-corrected chi connectivity index (χ1v) is 6.52. The fourth-order valence-electron chi connectivity index (χ4n) is 2.00. The van der Waals surface area contributed by atoms with E-state index in [0.717, 1.165) is 18.7 Å². The molecule has 0 spiro atoms. The van der Waals surface area contributed by atoms with Crippen molar-refractivity contribution in [1.82, 2.24) is 10.4 Å². The number of ether oxygens (including phenoxy) is 1. The molecule has 0 saturated carbocycles. The Kier molecular flexibility index (Phi) is 5.17. The first-order valence-electron chi connectivity index (χ1n) is 6.52. The van der Waals surface area contributed by atoms with E-state index in [9.17, 15) is 4.79 Å². The van der Waals surface area contributed by atoms with Gasteiger partial charge in [-0.3, -0.25) is 10.2 Å². The van der Waals surface area contributed by atoms with Gasteiger partial charge in [0.15, 0.2) is 0 Å². The van der Waals surface area contributed by atoms with E-state index in [4.69, 9.17) is 4.74 Å². The maximum atomic E-state index is 11.5. The molecule has 0 aromatic heterocycles. The highest BCUT2D eigenvalue weighted by molar-refractivity contribution is 5.69. The van der Waals surface area contributed by atoms with E-state index in [2.05, 4.69) is 10.4 Å². The zero-order valence-corrected chi connectivity index (χ0v) is 10.6. The molecule has 1 aromatic rings. The molecule has 0 atom stereocenters. The van der Waals surface area contributed by atoms with Crippen LogP contribution < -0.4 is 5.43 Å². The monoisotopic (exact) mass is 248 g/mol. The Balaban J connectivity index is 1.57. The summed E-state index contributed by atoms with van der Waals surface area (Å²) in [6.07, 6.45) is 2.90. The molecule has 2 rings (SSSR count). The largest absolute Gasteiger partial charge is 0.461 e. The summed E-state index contributed by atoms with van der Waals surface area (Å²) < 4.78 is 5.20. The number of hydrogen-bond donors (Lipinski definition) is 1. The number of carbonyl (C=O) groups excluding carboxylic acids is 1. The number of benzene rings is 1. The lowest BCUT2D eigenvalue weighted by molar-refractivity contribution is -0.145. The van der Waals surface area contributed by atoms with Crippen LogP contribution in [0.5, 0.6) is 0 Å². The second-order valence-corrected chi connectivity index (χ2v) is 4.50. The number of hydrazine groups is 1. The molecule has 1 aromatic carbocycles. The van der Waals surface area contributed by atoms with Gasteiger partial charge in [0.1, 0.15) is 6.61 Å². The van der Waals surface area contributed by atoms with E-state index in [-0.39, 0.29) is 5.97 Å². The van der Waals surface area contributed by atoms with Crippen LogP contribution in [0.15, 0.2) is 30.3 Å². The molecule has 1 heterocycles. The lowest BCUT2D eigenvalue weighted by Crippen LogP contribution is -2.36. The molecule has 0 aliphatic carbocycles. The molecular formula is C14H20N2O2. The number of rotatable bonds is 6. The first-order chi connectivity index (χ1) is 8.84. The van der Waals surface area contributed by atoms with E-state index >= 15 is 0 Å². The van der Waals surface area contributed by atoms with E-state index in [1.54, 1.807) is 0 Å². The quantitative estimate of drug-likeness (QED) is 0.778. The molecule has 98 valence electrons. The van der Waals surface area contributed by atoms with Crippen LogP contribution in [-0.4, -0.2) is 30.6 Å². The molecule has 1 aliphatic rings. The van der Waals surface area contributed by atoms with Gasteiger partial charge in [-0.25, -0.2) is 5.01 Å². The molecule has 18 heavy (non-hydrogen) atoms. The Labute approximate surface area is 108 Å². The van der Waals surface area contributed by atoms with Crippen LogP contribution >= 0.6 is 0 Å². The Morgan fingerprint density at radius 1 is 1.22 bits per heavy atom. The fraction of sp³-hybridized carbons (Fsp3) is 0.500. The number of carbonyl (C=O) groups is 1. The van der Waals surface area contributed by atoms with Gasteiger partial charge >= 0.3 is 5.97 Å². The van der Waals surface area contributed by atoms with Gasteiger partial charge in [-0.1, -0.05) is 30.3 Å². The lowest BCUT2D eigenvalue weighted by atomic mass is 10.2. The summed E-state index contributed by atoms with van der Waals surface area (Å²) in [5.41, 5.74) is 4.27. The van der Waals surface area contributed by atoms with Gasteiger partial charge in [-0.05, 0) is 18.4 Å². The number of nitrogens with zero attached hydrogens (tertiary/aromatic N) is 1. The summed E-state index contributed by atoms with van der Waals surface area (Å²) in [5.74, 6) is -0.148. The standard InChI is InChI=1S/C14H20N2O2/c17-14(8-9-15-16-10-4-5-11-16)18-12-13-6-2-1-3-7-13/h1-3,6-7,15H,4-5,8-12H2. The summed E-state index contributed by atoms with van der Waals surface area (Å²) in [6, 6.07) is 9.74. The van der Waals surface area contributed by atoms with Crippen LogP contribution in [0.3, 0.4) is 0 Å². The number of esters is 1. The van der Waals surface area contributed by atoms with Crippen LogP contribution in [-0.2, 0) is 16.1 Å². The van der Waals surface area contributed by atoms with Gasteiger partial charge in [-0.2, -0.15) is 0 Å². The fourth-order valence-corrected chi connectivity index (χ4v) is 2.00. The van der Waals surface area contributed by atoms with Crippen LogP contribution in [0.4, 0.5) is 0 Å². The maximum absolute atomic E-state index is 11.5. The normalized spacial score (nSPS) is 15.8. The highest BCUT2D eigenvalue weighted by Gasteiger charge is 2.11. The summed E-state index contributed by atoms with van der Waals surface area (Å²) in [6.45, 7) is 3.19. The topological polar surface area (TPSA) is 41.6 Å². The van der Waals surface area contributed by atoms with Crippen molar-refractivity contribution in [1.29, 1.82) is 0 Å². The smallest absolute Gasteiger partial charge is 0.307 e. The van der Waals surface area contributed by atoms with Crippen molar-refractivity contribution in [3.05, 3.63) is 35.9 Å². The third-order valence-electron chi connectivity index (χ3n) is 3.01. The molecule has 0 bridgehead atoms. The summed E-state index contributed by atoms with van der Waals surface area (Å²) >= 11 is 0. The van der Waals surface area contributed by atoms with Crippen molar-refractivity contribution in [3.63, 3.8) is 0 Å². The maximum Gasteiger partial charge on any atom is 0.307 e. The predicted octanol–water partition coefficient (Wildman–Crippen LogP) is 1.72. The van der Waals surface area contributed by atoms with Gasteiger partial charge in [0.25, 0.3) is 0 Å². The highest BCUT2D eigenvalue weighted by Crippen LogP contribution is 2.04. The lowest BCUT2D eigenvalue weighted by Gasteiger charge is -2.15. The number of nitrogens with one attached hydrogen (secondary N) is 1. The molecule has 0 unspecified atom stereocenters. The molecule has 1 fully saturated rings. The van der Waals surface area contributed by atoms with Crippen LogP contribution in [0.25, 0.3) is 0 Å². The Morgan fingerprint density at radius 2 is 1.94 bits per heavy atom. The second kappa shape index (κ2) is 7.13. The van der Waals surface area contributed by atoms with Crippen molar-refractivity contribution in [2.24, 2.45) is 0 Å². The molecule has 0 radical (unpaired) electrons. The summed E-state index contributed by atoms with van der Waals surface area (Å²) in [7, 11) is 0. The van der Waals surface area contributed by atoms with Gasteiger partial charge in [0, 0.05) is 19.6 Å². The van der Waals surface area contributed by atoms with E-state index in [0.29, 0.717) is 19.6 Å². The minimum atomic E-state index is -0.148. The third kappa shape index (κ3) is 4.47. The van der Waals surface area contributed by atoms with Gasteiger partial charge in [0.2, 0.25) is 0 Å². The average molecular weight is 248 g/mol. The van der Waals surface area contributed by atoms with Gasteiger partial charge in [0.05, 0.1) is 6.42 Å². The summed E-state index contributed by atoms with van der Waals surface area (Å²) in [4.78, 5) is 11.5. The first kappa shape index (κ1) is 13.1. The zero-order valence-electron chi connectivity index (χ0n) is 10.6. The Bertz CT molecular complexity index is 361. The van der Waals surface area contributed by atoms with Gasteiger partial charge < -0.3 is 4.74 Å². The highest BCUT2D eigenvalue weighted by atomic mass is 16.5. The molecule has 0 amide bonds. The average Bonchev–Trinajstić information content (AvgIpc) is 2.91. The minimum absolute atomic E-state index is 0.148. The van der Waals surface area contributed by atoms with E-state index in [1.165, 1.54) is 12.8 Å². The Morgan fingerprint density at radius 3 is 2.67 bits per heavy atom. The van der Waals surface area contributed by atoms with Crippen LogP contribution in [0.2, 0.25) is 0 Å². The van der Waals surface area contributed by atoms with Crippen molar-refractivity contribution >= 4 is 5.97 Å². The molecule has 1 aliphatic heterocycles. The molecule has 1 N–H and O–H groups in total. The molecule has 4 heteroatoms. The van der Waals surface area contributed by atoms with Gasteiger partial charge in [-0.15, -0.1) is 0 Å². The minimum Gasteiger partial charge on any atom is -0.461 e. The number of hydrogen-bond acceptors (Lipinski definition) is 4. The molecular weight excluding hydrogens is 228 g/mol. The second-order valence-electron chi connectivity index (χ2n) is 4.50.